The van der Waals surface area contributed by atoms with Crippen molar-refractivity contribution in [1.29, 1.82) is 0 Å². The lowest BCUT2D eigenvalue weighted by atomic mass is 10.0. The third kappa shape index (κ3) is 4.34. The Kier molecular flexibility index (Phi) is 5.57. The number of fused-ring (bicyclic) bond motifs is 1. The van der Waals surface area contributed by atoms with E-state index in [1.807, 2.05) is 55.5 Å². The summed E-state index contributed by atoms with van der Waals surface area (Å²) in [5, 5.41) is 3.62. The molecule has 4 aromatic rings. The molecule has 5 nitrogen and oxygen atoms in total. The summed E-state index contributed by atoms with van der Waals surface area (Å²) < 4.78 is 24.0. The minimum atomic E-state index is -3.28. The molecule has 31 heavy (non-hydrogen) atoms. The fourth-order valence-electron chi connectivity index (χ4n) is 3.35. The molecule has 0 saturated heterocycles. The Labute approximate surface area is 181 Å². The first-order valence-corrected chi connectivity index (χ1v) is 11.6. The summed E-state index contributed by atoms with van der Waals surface area (Å²) >= 11 is 0. The fourth-order valence-corrected chi connectivity index (χ4v) is 4.23. The normalized spacial score (nSPS) is 11.4. The van der Waals surface area contributed by atoms with Gasteiger partial charge in [-0.25, -0.2) is 13.4 Å². The second-order valence-electron chi connectivity index (χ2n) is 7.32. The number of nitrogens with zero attached hydrogens (tertiary/aromatic N) is 1. The Morgan fingerprint density at radius 2 is 1.61 bits per heavy atom. The van der Waals surface area contributed by atoms with Gasteiger partial charge in [0.1, 0.15) is 0 Å². The number of amides is 1. The van der Waals surface area contributed by atoms with E-state index in [0.29, 0.717) is 16.9 Å². The van der Waals surface area contributed by atoms with Crippen LogP contribution in [0.15, 0.2) is 83.8 Å². The number of aryl methyl sites for hydroxylation is 1. The van der Waals surface area contributed by atoms with Gasteiger partial charge in [0.15, 0.2) is 9.84 Å². The molecule has 0 aliphatic heterocycles. The van der Waals surface area contributed by atoms with E-state index < -0.39 is 9.84 Å². The molecule has 1 N–H and O–H groups in total. The molecule has 3 aromatic carbocycles. The Morgan fingerprint density at radius 3 is 2.29 bits per heavy atom. The third-order valence-electron chi connectivity index (χ3n) is 5.16. The third-order valence-corrected chi connectivity index (χ3v) is 6.91. The van der Waals surface area contributed by atoms with Gasteiger partial charge in [0.2, 0.25) is 0 Å². The highest BCUT2D eigenvalue weighted by Crippen LogP contribution is 2.26. The summed E-state index contributed by atoms with van der Waals surface area (Å²) in [6, 6.07) is 23.5. The minimum Gasteiger partial charge on any atom is -0.322 e. The van der Waals surface area contributed by atoms with Crippen molar-refractivity contribution in [3.05, 3.63) is 90.0 Å². The number of para-hydroxylation sites is 1. The summed E-state index contributed by atoms with van der Waals surface area (Å²) in [5.41, 5.74) is 4.56. The topological polar surface area (TPSA) is 76.1 Å². The molecular weight excluding hydrogens is 408 g/mol. The van der Waals surface area contributed by atoms with Crippen LogP contribution in [0.4, 0.5) is 5.69 Å². The van der Waals surface area contributed by atoms with E-state index in [9.17, 15) is 13.2 Å². The van der Waals surface area contributed by atoms with Gasteiger partial charge in [-0.3, -0.25) is 4.79 Å². The molecule has 0 saturated carbocycles. The van der Waals surface area contributed by atoms with Crippen molar-refractivity contribution in [2.75, 3.05) is 11.1 Å². The smallest absolute Gasteiger partial charge is 0.256 e. The number of pyridine rings is 1. The van der Waals surface area contributed by atoms with Gasteiger partial charge in [-0.2, -0.15) is 0 Å². The van der Waals surface area contributed by atoms with Crippen molar-refractivity contribution >= 4 is 32.3 Å². The van der Waals surface area contributed by atoms with Crippen LogP contribution in [0.25, 0.3) is 22.2 Å². The maximum absolute atomic E-state index is 13.1. The molecule has 0 fully saturated rings. The number of hydrogen-bond acceptors (Lipinski definition) is 4. The van der Waals surface area contributed by atoms with E-state index in [1.54, 1.807) is 25.1 Å². The Balaban J connectivity index is 1.71. The van der Waals surface area contributed by atoms with E-state index in [1.165, 1.54) is 12.1 Å². The van der Waals surface area contributed by atoms with Crippen LogP contribution in [0.5, 0.6) is 0 Å². The lowest BCUT2D eigenvalue weighted by molar-refractivity contribution is 0.102. The van der Waals surface area contributed by atoms with E-state index >= 15 is 0 Å². The van der Waals surface area contributed by atoms with Crippen molar-refractivity contribution in [2.45, 2.75) is 18.7 Å². The van der Waals surface area contributed by atoms with Crippen LogP contribution < -0.4 is 5.32 Å². The van der Waals surface area contributed by atoms with E-state index in [0.717, 1.165) is 22.0 Å². The largest absolute Gasteiger partial charge is 0.322 e. The van der Waals surface area contributed by atoms with Gasteiger partial charge in [-0.1, -0.05) is 55.0 Å². The molecule has 0 aliphatic carbocycles. The highest BCUT2D eigenvalue weighted by molar-refractivity contribution is 7.91. The highest BCUT2D eigenvalue weighted by Gasteiger charge is 2.15. The predicted molar refractivity (Wildman–Crippen MR) is 124 cm³/mol. The number of hydrogen-bond donors (Lipinski definition) is 1. The molecule has 0 spiro atoms. The number of anilines is 1. The Bertz CT molecular complexity index is 1360. The van der Waals surface area contributed by atoms with Crippen molar-refractivity contribution < 1.29 is 13.2 Å². The van der Waals surface area contributed by atoms with Crippen LogP contribution in [0.2, 0.25) is 0 Å². The maximum atomic E-state index is 13.1. The Morgan fingerprint density at radius 1 is 0.935 bits per heavy atom. The number of nitrogens with one attached hydrogen (secondary N) is 1. The zero-order chi connectivity index (χ0) is 22.0. The zero-order valence-corrected chi connectivity index (χ0v) is 18.1. The first-order valence-electron chi connectivity index (χ1n) is 9.98. The molecule has 1 aromatic heterocycles. The maximum Gasteiger partial charge on any atom is 0.256 e. The van der Waals surface area contributed by atoms with Crippen LogP contribution in [0, 0.1) is 6.92 Å². The van der Waals surface area contributed by atoms with E-state index in [4.69, 9.17) is 4.98 Å². The molecule has 0 radical (unpaired) electrons. The molecule has 156 valence electrons. The summed E-state index contributed by atoms with van der Waals surface area (Å²) in [6.45, 7) is 3.62. The van der Waals surface area contributed by atoms with Gasteiger partial charge in [-0.05, 0) is 43.3 Å². The van der Waals surface area contributed by atoms with Gasteiger partial charge in [0.25, 0.3) is 5.91 Å². The van der Waals surface area contributed by atoms with Gasteiger partial charge in [-0.15, -0.1) is 0 Å². The molecule has 0 atom stereocenters. The van der Waals surface area contributed by atoms with Gasteiger partial charge >= 0.3 is 0 Å². The second-order valence-corrected chi connectivity index (χ2v) is 9.60. The lowest BCUT2D eigenvalue weighted by Gasteiger charge is -2.11. The summed E-state index contributed by atoms with van der Waals surface area (Å²) in [4.78, 5) is 18.1. The number of aromatic nitrogens is 1. The molecule has 6 heteroatoms. The average molecular weight is 431 g/mol. The molecule has 1 heterocycles. The summed E-state index contributed by atoms with van der Waals surface area (Å²) in [5.74, 6) is -0.248. The number of carbonyl (C=O) groups is 1. The van der Waals surface area contributed by atoms with Crippen LogP contribution in [0.3, 0.4) is 0 Å². The minimum absolute atomic E-state index is 0.0312. The first kappa shape index (κ1) is 20.8. The number of rotatable bonds is 5. The van der Waals surface area contributed by atoms with Crippen LogP contribution in [-0.4, -0.2) is 25.1 Å². The molecule has 0 bridgehead atoms. The van der Waals surface area contributed by atoms with Crippen molar-refractivity contribution in [3.63, 3.8) is 0 Å². The number of benzene rings is 3. The van der Waals surface area contributed by atoms with Gasteiger partial charge < -0.3 is 5.32 Å². The average Bonchev–Trinajstić information content (AvgIpc) is 2.79. The number of carbonyl (C=O) groups excluding carboxylic acids is 1. The zero-order valence-electron chi connectivity index (χ0n) is 17.3. The lowest BCUT2D eigenvalue weighted by Crippen LogP contribution is -2.13. The summed E-state index contributed by atoms with van der Waals surface area (Å²) in [7, 11) is -3.28. The standard InChI is InChI=1S/C25H22N2O3S/c1-3-31(29,30)20-14-12-19(13-15-20)26-25(28)22-16-24(18-10-8-17(2)9-11-18)27-23-7-5-4-6-21(22)23/h4-16H,3H2,1-2H3,(H,26,28). The molecule has 0 unspecified atom stereocenters. The highest BCUT2D eigenvalue weighted by atomic mass is 32.2. The Hall–Kier alpha value is -3.51. The number of sulfone groups is 1. The molecular formula is C25H22N2O3S. The predicted octanol–water partition coefficient (Wildman–Crippen LogP) is 5.26. The van der Waals surface area contributed by atoms with Crippen LogP contribution >= 0.6 is 0 Å². The monoisotopic (exact) mass is 430 g/mol. The van der Waals surface area contributed by atoms with Gasteiger partial charge in [0.05, 0.1) is 27.4 Å². The van der Waals surface area contributed by atoms with E-state index in [-0.39, 0.29) is 16.6 Å². The molecule has 1 amide bonds. The van der Waals surface area contributed by atoms with Crippen molar-refractivity contribution in [2.24, 2.45) is 0 Å². The van der Waals surface area contributed by atoms with Crippen molar-refractivity contribution in [1.82, 2.24) is 4.98 Å². The quantitative estimate of drug-likeness (QED) is 0.469. The molecule has 0 aliphatic rings. The molecule has 4 rings (SSSR count). The SMILES string of the molecule is CCS(=O)(=O)c1ccc(NC(=O)c2cc(-c3ccc(C)cc3)nc3ccccc23)cc1. The fraction of sp³-hybridized carbons (Fsp3) is 0.120. The van der Waals surface area contributed by atoms with Gasteiger partial charge in [0, 0.05) is 16.6 Å². The van der Waals surface area contributed by atoms with Crippen LogP contribution in [-0.2, 0) is 9.84 Å². The van der Waals surface area contributed by atoms with Crippen molar-refractivity contribution in [3.8, 4) is 11.3 Å². The first-order chi connectivity index (χ1) is 14.9. The second kappa shape index (κ2) is 8.32. The summed E-state index contributed by atoms with van der Waals surface area (Å²) in [6.07, 6.45) is 0. The van der Waals surface area contributed by atoms with E-state index in [2.05, 4.69) is 5.32 Å². The van der Waals surface area contributed by atoms with Crippen LogP contribution in [0.1, 0.15) is 22.8 Å².